The highest BCUT2D eigenvalue weighted by molar-refractivity contribution is 7.15. The third-order valence-corrected chi connectivity index (χ3v) is 8.47. The number of likely N-dealkylation sites (tertiary alicyclic amines) is 1. The van der Waals surface area contributed by atoms with Crippen molar-refractivity contribution in [2.45, 2.75) is 38.3 Å². The predicted molar refractivity (Wildman–Crippen MR) is 137 cm³/mol. The molecule has 2 aromatic heterocycles. The summed E-state index contributed by atoms with van der Waals surface area (Å²) in [5, 5.41) is 5.34. The molecule has 35 heavy (non-hydrogen) atoms. The number of piperidine rings is 1. The number of fused-ring (bicyclic) bond motifs is 3. The molecule has 3 heterocycles. The van der Waals surface area contributed by atoms with E-state index in [0.717, 1.165) is 40.1 Å². The largest absolute Gasteiger partial charge is 0.464 e. The summed E-state index contributed by atoms with van der Waals surface area (Å²) in [6, 6.07) is 14.9. The SMILES string of the molecule is Cc1nc(C(=O)N2[C@@H]3CC[C@@H](C3)[C@H]2CNC(=O)c2cccc3occc23)c(-c2cccc(Cl)c2)s1. The average molecular weight is 506 g/mol. The lowest BCUT2D eigenvalue weighted by atomic mass is 9.97. The zero-order valence-corrected chi connectivity index (χ0v) is 20.7. The molecule has 1 saturated carbocycles. The molecule has 1 aliphatic heterocycles. The molecule has 0 radical (unpaired) electrons. The molecule has 6 nitrogen and oxygen atoms in total. The van der Waals surface area contributed by atoms with Crippen molar-refractivity contribution in [3.05, 3.63) is 76.1 Å². The van der Waals surface area contributed by atoms with Crippen LogP contribution in [-0.4, -0.2) is 40.3 Å². The van der Waals surface area contributed by atoms with E-state index in [4.69, 9.17) is 16.0 Å². The molecule has 1 saturated heterocycles. The van der Waals surface area contributed by atoms with Gasteiger partial charge < -0.3 is 14.6 Å². The fourth-order valence-electron chi connectivity index (χ4n) is 5.68. The summed E-state index contributed by atoms with van der Waals surface area (Å²) in [5.74, 6) is 0.160. The Kier molecular flexibility index (Phi) is 5.61. The van der Waals surface area contributed by atoms with Gasteiger partial charge in [-0.1, -0.05) is 29.8 Å². The first-order chi connectivity index (χ1) is 17.0. The number of hydrogen-bond donors (Lipinski definition) is 1. The lowest BCUT2D eigenvalue weighted by molar-refractivity contribution is 0.0577. The minimum absolute atomic E-state index is 0.0528. The van der Waals surface area contributed by atoms with Crippen LogP contribution in [0.2, 0.25) is 5.02 Å². The van der Waals surface area contributed by atoms with Crippen LogP contribution < -0.4 is 5.32 Å². The maximum absolute atomic E-state index is 13.9. The van der Waals surface area contributed by atoms with Crippen molar-refractivity contribution >= 4 is 45.7 Å². The monoisotopic (exact) mass is 505 g/mol. The van der Waals surface area contributed by atoms with Crippen molar-refractivity contribution in [1.82, 2.24) is 15.2 Å². The number of furan rings is 1. The number of aryl methyl sites for hydroxylation is 1. The van der Waals surface area contributed by atoms with Gasteiger partial charge in [-0.3, -0.25) is 9.59 Å². The Labute approximate surface area is 211 Å². The first kappa shape index (κ1) is 22.3. The van der Waals surface area contributed by atoms with Crippen molar-refractivity contribution in [3.8, 4) is 10.4 Å². The van der Waals surface area contributed by atoms with Crippen molar-refractivity contribution < 1.29 is 14.0 Å². The summed E-state index contributed by atoms with van der Waals surface area (Å²) in [7, 11) is 0. The van der Waals surface area contributed by atoms with Crippen LogP contribution in [0.3, 0.4) is 0 Å². The molecule has 8 heteroatoms. The second kappa shape index (κ2) is 8.81. The molecule has 2 amide bonds. The number of nitrogens with one attached hydrogen (secondary N) is 1. The van der Waals surface area contributed by atoms with E-state index >= 15 is 0 Å². The molecule has 2 fully saturated rings. The molecule has 1 N–H and O–H groups in total. The van der Waals surface area contributed by atoms with E-state index in [1.54, 1.807) is 18.4 Å². The smallest absolute Gasteiger partial charge is 0.274 e. The number of rotatable bonds is 5. The zero-order valence-electron chi connectivity index (χ0n) is 19.2. The Morgan fingerprint density at radius 1 is 1.20 bits per heavy atom. The number of aromatic nitrogens is 1. The Morgan fingerprint density at radius 3 is 2.91 bits per heavy atom. The molecule has 1 aliphatic carbocycles. The first-order valence-electron chi connectivity index (χ1n) is 11.8. The van der Waals surface area contributed by atoms with Gasteiger partial charge in [-0.15, -0.1) is 11.3 Å². The molecule has 0 unspecified atom stereocenters. The highest BCUT2D eigenvalue weighted by Crippen LogP contribution is 2.44. The van der Waals surface area contributed by atoms with E-state index in [-0.39, 0.29) is 23.9 Å². The van der Waals surface area contributed by atoms with Crippen LogP contribution in [0.1, 0.15) is 45.1 Å². The standard InChI is InChI=1S/C27H24ClN3O3S/c1-15-30-24(25(35-15)17-4-2-5-18(28)12-17)27(33)31-19-9-8-16(13-19)22(31)14-29-26(32)21-6-3-7-23-20(21)10-11-34-23/h2-7,10-12,16,19,22H,8-9,13-14H2,1H3,(H,29,32)/t16-,19+,22+/m0/s1. The number of carbonyl (C=O) groups excluding carboxylic acids is 2. The van der Waals surface area contributed by atoms with E-state index < -0.39 is 0 Å². The fraction of sp³-hybridized carbons (Fsp3) is 0.296. The second-order valence-electron chi connectivity index (χ2n) is 9.28. The minimum atomic E-state index is -0.156. The lowest BCUT2D eigenvalue weighted by Crippen LogP contribution is -2.50. The third kappa shape index (κ3) is 3.93. The van der Waals surface area contributed by atoms with Crippen molar-refractivity contribution in [2.24, 2.45) is 5.92 Å². The number of halogens is 1. The van der Waals surface area contributed by atoms with Crippen LogP contribution in [0.5, 0.6) is 0 Å². The zero-order chi connectivity index (χ0) is 24.1. The van der Waals surface area contributed by atoms with Gasteiger partial charge in [0.15, 0.2) is 0 Å². The van der Waals surface area contributed by atoms with E-state index in [1.165, 1.54) is 11.3 Å². The summed E-state index contributed by atoms with van der Waals surface area (Å²) in [6.45, 7) is 2.33. The van der Waals surface area contributed by atoms with Crippen molar-refractivity contribution in [3.63, 3.8) is 0 Å². The van der Waals surface area contributed by atoms with E-state index in [9.17, 15) is 9.59 Å². The van der Waals surface area contributed by atoms with Gasteiger partial charge in [-0.25, -0.2) is 4.98 Å². The van der Waals surface area contributed by atoms with Gasteiger partial charge in [0, 0.05) is 23.0 Å². The number of nitrogens with zero attached hydrogens (tertiary/aromatic N) is 2. The third-order valence-electron chi connectivity index (χ3n) is 7.21. The maximum Gasteiger partial charge on any atom is 0.274 e. The van der Waals surface area contributed by atoms with Crippen LogP contribution in [0, 0.1) is 12.8 Å². The van der Waals surface area contributed by atoms with Gasteiger partial charge in [0.25, 0.3) is 11.8 Å². The van der Waals surface area contributed by atoms with Crippen molar-refractivity contribution in [2.75, 3.05) is 6.54 Å². The average Bonchev–Trinajstić information content (AvgIpc) is 3.65. The highest BCUT2D eigenvalue weighted by atomic mass is 35.5. The summed E-state index contributed by atoms with van der Waals surface area (Å²) in [6.07, 6.45) is 4.62. The normalized spacial score (nSPS) is 21.1. The van der Waals surface area contributed by atoms with Crippen LogP contribution >= 0.6 is 22.9 Å². The van der Waals surface area contributed by atoms with E-state index in [2.05, 4.69) is 10.3 Å². The molecule has 2 aromatic carbocycles. The minimum Gasteiger partial charge on any atom is -0.464 e. The van der Waals surface area contributed by atoms with Crippen LogP contribution in [0.25, 0.3) is 21.4 Å². The lowest BCUT2D eigenvalue weighted by Gasteiger charge is -2.35. The number of hydrogen-bond acceptors (Lipinski definition) is 5. The molecule has 2 aliphatic rings. The molecule has 4 aromatic rings. The van der Waals surface area contributed by atoms with E-state index in [1.807, 2.05) is 48.2 Å². The van der Waals surface area contributed by atoms with Crippen LogP contribution in [-0.2, 0) is 0 Å². The second-order valence-corrected chi connectivity index (χ2v) is 10.9. The summed E-state index contributed by atoms with van der Waals surface area (Å²) in [5.41, 5.74) is 2.63. The Morgan fingerprint density at radius 2 is 2.06 bits per heavy atom. The van der Waals surface area contributed by atoms with Gasteiger partial charge in [0.1, 0.15) is 11.3 Å². The summed E-state index contributed by atoms with van der Waals surface area (Å²) in [4.78, 5) is 34.4. The fourth-order valence-corrected chi connectivity index (χ4v) is 6.77. The molecule has 0 spiro atoms. The van der Waals surface area contributed by atoms with Gasteiger partial charge in [-0.05, 0) is 68.0 Å². The summed E-state index contributed by atoms with van der Waals surface area (Å²) >= 11 is 7.73. The van der Waals surface area contributed by atoms with Gasteiger partial charge in [0.05, 0.1) is 27.8 Å². The maximum atomic E-state index is 13.9. The Bertz CT molecular complexity index is 1440. The Balaban J connectivity index is 1.26. The number of benzene rings is 2. The van der Waals surface area contributed by atoms with Crippen molar-refractivity contribution in [1.29, 1.82) is 0 Å². The number of carbonyl (C=O) groups is 2. The molecular weight excluding hydrogens is 482 g/mol. The number of thiazole rings is 1. The molecule has 2 bridgehead atoms. The molecule has 3 atom stereocenters. The van der Waals surface area contributed by atoms with Gasteiger partial charge in [-0.2, -0.15) is 0 Å². The topological polar surface area (TPSA) is 75.4 Å². The van der Waals surface area contributed by atoms with Crippen LogP contribution in [0.4, 0.5) is 0 Å². The highest BCUT2D eigenvalue weighted by Gasteiger charge is 2.49. The number of amides is 2. The van der Waals surface area contributed by atoms with Crippen LogP contribution in [0.15, 0.2) is 59.2 Å². The van der Waals surface area contributed by atoms with Gasteiger partial charge >= 0.3 is 0 Å². The molecule has 6 rings (SSSR count). The van der Waals surface area contributed by atoms with E-state index in [0.29, 0.717) is 34.3 Å². The van der Waals surface area contributed by atoms with Gasteiger partial charge in [0.2, 0.25) is 0 Å². The molecule has 178 valence electrons. The quantitative estimate of drug-likeness (QED) is 0.364. The first-order valence-corrected chi connectivity index (χ1v) is 13.0. The predicted octanol–water partition coefficient (Wildman–Crippen LogP) is 5.94. The summed E-state index contributed by atoms with van der Waals surface area (Å²) < 4.78 is 5.43. The molecular formula is C27H24ClN3O3S. The Hall–Kier alpha value is -3.16.